The van der Waals surface area contributed by atoms with Crippen LogP contribution in [0.15, 0.2) is 34.4 Å². The van der Waals surface area contributed by atoms with E-state index in [0.29, 0.717) is 0 Å². The van der Waals surface area contributed by atoms with Crippen LogP contribution in [-0.2, 0) is 0 Å². The largest absolute Gasteiger partial charge is 0.384 e. The number of rotatable bonds is 2. The molecular formula is C10H9N3OS. The van der Waals surface area contributed by atoms with Crippen LogP contribution in [0.25, 0.3) is 10.6 Å². The number of pyridine rings is 1. The highest BCUT2D eigenvalue weighted by Gasteiger charge is 2.05. The van der Waals surface area contributed by atoms with Gasteiger partial charge < -0.3 is 10.7 Å². The molecule has 0 saturated carbocycles. The van der Waals surface area contributed by atoms with Crippen LogP contribution in [0, 0.1) is 5.41 Å². The summed E-state index contributed by atoms with van der Waals surface area (Å²) >= 11 is 1.54. The first-order valence-corrected chi connectivity index (χ1v) is 5.18. The molecule has 0 aliphatic rings. The lowest BCUT2D eigenvalue weighted by Gasteiger charge is -2.00. The fourth-order valence-corrected chi connectivity index (χ4v) is 1.97. The van der Waals surface area contributed by atoms with Crippen molar-refractivity contribution in [2.24, 2.45) is 5.73 Å². The van der Waals surface area contributed by atoms with Gasteiger partial charge in [-0.15, -0.1) is 11.3 Å². The van der Waals surface area contributed by atoms with E-state index in [4.69, 9.17) is 11.1 Å². The van der Waals surface area contributed by atoms with Crippen molar-refractivity contribution in [2.45, 2.75) is 0 Å². The number of thiophene rings is 1. The maximum Gasteiger partial charge on any atom is 0.259 e. The Balaban J connectivity index is 2.52. The normalized spacial score (nSPS) is 10.1. The molecule has 2 aromatic heterocycles. The number of aromatic amines is 1. The van der Waals surface area contributed by atoms with Crippen molar-refractivity contribution in [2.75, 3.05) is 0 Å². The summed E-state index contributed by atoms with van der Waals surface area (Å²) in [5, 5.41) is 9.12. The third-order valence-electron chi connectivity index (χ3n) is 1.99. The molecule has 4 nitrogen and oxygen atoms in total. The molecule has 5 heteroatoms. The zero-order valence-corrected chi connectivity index (χ0v) is 8.60. The highest BCUT2D eigenvalue weighted by Crippen LogP contribution is 2.21. The molecular weight excluding hydrogens is 210 g/mol. The Morgan fingerprint density at radius 2 is 2.20 bits per heavy atom. The third-order valence-corrected chi connectivity index (χ3v) is 2.89. The Labute approximate surface area is 89.9 Å². The van der Waals surface area contributed by atoms with Crippen LogP contribution < -0.4 is 11.3 Å². The van der Waals surface area contributed by atoms with Crippen molar-refractivity contribution in [3.63, 3.8) is 0 Å². The fraction of sp³-hybridized carbons (Fsp3) is 0. The van der Waals surface area contributed by atoms with E-state index in [9.17, 15) is 4.79 Å². The second-order valence-electron chi connectivity index (χ2n) is 3.01. The summed E-state index contributed by atoms with van der Waals surface area (Å²) in [6.45, 7) is 0. The number of hydrogen-bond acceptors (Lipinski definition) is 3. The summed E-state index contributed by atoms with van der Waals surface area (Å²) in [5.74, 6) is -0.214. The molecule has 0 fully saturated rings. The quantitative estimate of drug-likeness (QED) is 0.527. The molecule has 0 aromatic carbocycles. The van der Waals surface area contributed by atoms with Gasteiger partial charge in [-0.2, -0.15) is 0 Å². The first-order chi connectivity index (χ1) is 7.18. The van der Waals surface area contributed by atoms with Gasteiger partial charge in [-0.3, -0.25) is 10.2 Å². The van der Waals surface area contributed by atoms with Crippen LogP contribution in [0.3, 0.4) is 0 Å². The van der Waals surface area contributed by atoms with E-state index in [-0.39, 0.29) is 17.0 Å². The molecule has 2 aromatic rings. The third kappa shape index (κ3) is 1.82. The van der Waals surface area contributed by atoms with E-state index in [2.05, 4.69) is 4.98 Å². The maximum atomic E-state index is 11.5. The SMILES string of the molecule is N=C(N)c1ccc(-c2cccs2)[nH]c1=O. The number of aromatic nitrogens is 1. The van der Waals surface area contributed by atoms with Gasteiger partial charge in [0.25, 0.3) is 5.56 Å². The number of nitrogens with two attached hydrogens (primary N) is 1. The molecule has 0 saturated heterocycles. The minimum atomic E-state index is -0.326. The van der Waals surface area contributed by atoms with Gasteiger partial charge in [-0.25, -0.2) is 0 Å². The van der Waals surface area contributed by atoms with Crippen molar-refractivity contribution in [1.82, 2.24) is 4.98 Å². The van der Waals surface area contributed by atoms with E-state index >= 15 is 0 Å². The Morgan fingerprint density at radius 3 is 2.73 bits per heavy atom. The second-order valence-corrected chi connectivity index (χ2v) is 3.95. The van der Waals surface area contributed by atoms with Crippen molar-refractivity contribution < 1.29 is 0 Å². The topological polar surface area (TPSA) is 82.7 Å². The predicted molar refractivity (Wildman–Crippen MR) is 61.4 cm³/mol. The van der Waals surface area contributed by atoms with E-state index in [0.717, 1.165) is 10.6 Å². The first-order valence-electron chi connectivity index (χ1n) is 4.30. The number of H-pyrrole nitrogens is 1. The lowest BCUT2D eigenvalue weighted by molar-refractivity contribution is 1.22. The molecule has 2 rings (SSSR count). The molecule has 0 unspecified atom stereocenters. The van der Waals surface area contributed by atoms with Gasteiger partial charge in [-0.05, 0) is 23.6 Å². The van der Waals surface area contributed by atoms with Gasteiger partial charge >= 0.3 is 0 Å². The predicted octanol–water partition coefficient (Wildman–Crippen LogP) is 1.39. The summed E-state index contributed by atoms with van der Waals surface area (Å²) in [5.41, 5.74) is 5.88. The van der Waals surface area contributed by atoms with Gasteiger partial charge in [0.1, 0.15) is 5.84 Å². The van der Waals surface area contributed by atoms with Crippen LogP contribution in [0.5, 0.6) is 0 Å². The summed E-state index contributed by atoms with van der Waals surface area (Å²) in [7, 11) is 0. The van der Waals surface area contributed by atoms with Crippen LogP contribution in [-0.4, -0.2) is 10.8 Å². The number of hydrogen-bond donors (Lipinski definition) is 3. The molecule has 0 aliphatic heterocycles. The monoisotopic (exact) mass is 219 g/mol. The van der Waals surface area contributed by atoms with E-state index in [1.54, 1.807) is 23.5 Å². The Hall–Kier alpha value is -1.88. The molecule has 0 aliphatic carbocycles. The van der Waals surface area contributed by atoms with Crippen LogP contribution in [0.4, 0.5) is 0 Å². The number of nitrogens with one attached hydrogen (secondary N) is 2. The molecule has 0 radical (unpaired) electrons. The Kier molecular flexibility index (Phi) is 2.39. The number of nitrogen functional groups attached to an aromatic ring is 1. The molecule has 0 atom stereocenters. The summed E-state index contributed by atoms with van der Waals surface area (Å²) in [4.78, 5) is 15.2. The van der Waals surface area contributed by atoms with Gasteiger partial charge in [0, 0.05) is 0 Å². The molecule has 0 amide bonds. The van der Waals surface area contributed by atoms with Crippen LogP contribution in [0.2, 0.25) is 0 Å². The summed E-state index contributed by atoms with van der Waals surface area (Å²) < 4.78 is 0. The number of amidine groups is 1. The first kappa shape index (κ1) is 9.67. The van der Waals surface area contributed by atoms with Crippen molar-refractivity contribution in [3.8, 4) is 10.6 Å². The lowest BCUT2D eigenvalue weighted by Crippen LogP contribution is -2.23. The fourth-order valence-electron chi connectivity index (χ4n) is 1.26. The van der Waals surface area contributed by atoms with Gasteiger partial charge in [-0.1, -0.05) is 6.07 Å². The average molecular weight is 219 g/mol. The smallest absolute Gasteiger partial charge is 0.259 e. The lowest BCUT2D eigenvalue weighted by atomic mass is 10.2. The minimum absolute atomic E-state index is 0.204. The van der Waals surface area contributed by atoms with Gasteiger partial charge in [0.2, 0.25) is 0 Å². The molecule has 4 N–H and O–H groups in total. The summed E-state index contributed by atoms with van der Waals surface area (Å²) in [6.07, 6.45) is 0. The van der Waals surface area contributed by atoms with Gasteiger partial charge in [0.05, 0.1) is 16.1 Å². The van der Waals surface area contributed by atoms with Crippen LogP contribution >= 0.6 is 11.3 Å². The van der Waals surface area contributed by atoms with E-state index in [1.165, 1.54) is 0 Å². The highest BCUT2D eigenvalue weighted by molar-refractivity contribution is 7.13. The Morgan fingerprint density at radius 1 is 1.40 bits per heavy atom. The maximum absolute atomic E-state index is 11.5. The molecule has 2 heterocycles. The Bertz CT molecular complexity index is 542. The molecule has 15 heavy (non-hydrogen) atoms. The standard InChI is InChI=1S/C10H9N3OS/c11-9(12)6-3-4-7(13-10(6)14)8-2-1-5-15-8/h1-5H,(H3,11,12)(H,13,14). The molecule has 0 bridgehead atoms. The average Bonchev–Trinajstić information content (AvgIpc) is 2.69. The van der Waals surface area contributed by atoms with Crippen molar-refractivity contribution in [3.05, 3.63) is 45.6 Å². The van der Waals surface area contributed by atoms with Crippen molar-refractivity contribution in [1.29, 1.82) is 5.41 Å². The minimum Gasteiger partial charge on any atom is -0.384 e. The van der Waals surface area contributed by atoms with Crippen molar-refractivity contribution >= 4 is 17.2 Å². The zero-order valence-electron chi connectivity index (χ0n) is 7.78. The van der Waals surface area contributed by atoms with Gasteiger partial charge in [0.15, 0.2) is 0 Å². The molecule has 0 spiro atoms. The zero-order chi connectivity index (χ0) is 10.8. The van der Waals surface area contributed by atoms with Crippen LogP contribution in [0.1, 0.15) is 5.56 Å². The molecule has 76 valence electrons. The summed E-state index contributed by atoms with van der Waals surface area (Å²) in [6, 6.07) is 7.15. The van der Waals surface area contributed by atoms with E-state index < -0.39 is 0 Å². The highest BCUT2D eigenvalue weighted by atomic mass is 32.1. The van der Waals surface area contributed by atoms with E-state index in [1.807, 2.05) is 17.5 Å². The second kappa shape index (κ2) is 3.70.